The van der Waals surface area contributed by atoms with Gasteiger partial charge in [0.25, 0.3) is 5.91 Å². The second kappa shape index (κ2) is 13.2. The van der Waals surface area contributed by atoms with Crippen molar-refractivity contribution in [1.82, 2.24) is 4.90 Å². The summed E-state index contributed by atoms with van der Waals surface area (Å²) in [5.41, 5.74) is 2.55. The van der Waals surface area contributed by atoms with Crippen LogP contribution in [0, 0.1) is 11.8 Å². The molecule has 2 aromatic rings. The van der Waals surface area contributed by atoms with Crippen LogP contribution in [-0.2, 0) is 14.4 Å². The number of benzene rings is 2. The van der Waals surface area contributed by atoms with Gasteiger partial charge < -0.3 is 24.7 Å². The molecule has 3 saturated heterocycles. The Hall–Kier alpha value is -3.56. The molecule has 8 nitrogen and oxygen atoms in total. The van der Waals surface area contributed by atoms with Crippen LogP contribution in [0.25, 0.3) is 0 Å². The van der Waals surface area contributed by atoms with Crippen molar-refractivity contribution in [3.63, 3.8) is 0 Å². The molecule has 44 heavy (non-hydrogen) atoms. The summed E-state index contributed by atoms with van der Waals surface area (Å²) in [6.07, 6.45) is 4.79. The minimum absolute atomic E-state index is 0.0735. The van der Waals surface area contributed by atoms with Gasteiger partial charge in [0.2, 0.25) is 11.8 Å². The number of aliphatic hydroxyl groups is 1. The molecule has 0 radical (unpaired) electrons. The summed E-state index contributed by atoms with van der Waals surface area (Å²) in [5.74, 6) is -1.78. The third-order valence-electron chi connectivity index (χ3n) is 9.51. The molecular formula is C35H44N4O4S. The Bertz CT molecular complexity index is 1380. The van der Waals surface area contributed by atoms with E-state index in [0.29, 0.717) is 13.0 Å². The first kappa shape index (κ1) is 31.9. The summed E-state index contributed by atoms with van der Waals surface area (Å²) < 4.78 is -0.764. The average molecular weight is 617 g/mol. The maximum atomic E-state index is 14.8. The van der Waals surface area contributed by atoms with E-state index in [1.807, 2.05) is 54.6 Å². The van der Waals surface area contributed by atoms with Crippen LogP contribution in [-0.4, -0.2) is 82.6 Å². The fourth-order valence-corrected chi connectivity index (χ4v) is 9.68. The van der Waals surface area contributed by atoms with Gasteiger partial charge in [-0.25, -0.2) is 0 Å². The number of hydrogen-bond donors (Lipinski definition) is 1. The minimum Gasteiger partial charge on any atom is -0.394 e. The third-order valence-corrected chi connectivity index (χ3v) is 11.5. The van der Waals surface area contributed by atoms with E-state index in [2.05, 4.69) is 31.9 Å². The number of thioether (sulfide) groups is 1. The van der Waals surface area contributed by atoms with Gasteiger partial charge in [0, 0.05) is 48.5 Å². The van der Waals surface area contributed by atoms with Crippen LogP contribution >= 0.6 is 11.8 Å². The average Bonchev–Trinajstić information content (AvgIpc) is 3.70. The molecule has 1 spiro atoms. The summed E-state index contributed by atoms with van der Waals surface area (Å²) in [6, 6.07) is 16.0. The molecule has 3 amide bonds. The molecule has 2 bridgehead atoms. The molecule has 2 unspecified atom stereocenters. The molecular weight excluding hydrogens is 572 g/mol. The highest BCUT2D eigenvalue weighted by atomic mass is 32.2. The molecule has 3 heterocycles. The summed E-state index contributed by atoms with van der Waals surface area (Å²) in [4.78, 5) is 50.8. The lowest BCUT2D eigenvalue weighted by Crippen LogP contribution is -2.57. The largest absolute Gasteiger partial charge is 0.394 e. The second-order valence-corrected chi connectivity index (χ2v) is 13.4. The Balaban J connectivity index is 1.54. The number of amides is 3. The molecule has 1 N–H and O–H groups in total. The molecule has 9 heteroatoms. The molecule has 3 aliphatic rings. The number of hydrogen-bond acceptors (Lipinski definition) is 6. The highest BCUT2D eigenvalue weighted by molar-refractivity contribution is 8.02. The lowest BCUT2D eigenvalue weighted by molar-refractivity contribution is -0.141. The molecule has 234 valence electrons. The van der Waals surface area contributed by atoms with Gasteiger partial charge in [-0.05, 0) is 70.0 Å². The van der Waals surface area contributed by atoms with Gasteiger partial charge in [0.1, 0.15) is 6.04 Å². The van der Waals surface area contributed by atoms with E-state index in [1.165, 1.54) is 0 Å². The van der Waals surface area contributed by atoms with Crippen molar-refractivity contribution in [2.24, 2.45) is 11.8 Å². The Kier molecular flexibility index (Phi) is 9.56. The molecule has 2 aromatic carbocycles. The van der Waals surface area contributed by atoms with Crippen LogP contribution < -0.4 is 14.7 Å². The van der Waals surface area contributed by atoms with Crippen LogP contribution in [0.5, 0.6) is 0 Å². The van der Waals surface area contributed by atoms with Crippen LogP contribution in [0.1, 0.15) is 33.6 Å². The monoisotopic (exact) mass is 616 g/mol. The maximum Gasteiger partial charge on any atom is 0.251 e. The van der Waals surface area contributed by atoms with E-state index in [1.54, 1.807) is 45.5 Å². The first-order valence-corrected chi connectivity index (χ1v) is 16.5. The molecule has 3 aliphatic heterocycles. The van der Waals surface area contributed by atoms with Crippen molar-refractivity contribution < 1.29 is 19.5 Å². The predicted molar refractivity (Wildman–Crippen MR) is 179 cm³/mol. The van der Waals surface area contributed by atoms with E-state index in [0.717, 1.165) is 36.6 Å². The lowest BCUT2D eigenvalue weighted by atomic mass is 9.70. The van der Waals surface area contributed by atoms with Gasteiger partial charge in [-0.15, -0.1) is 24.9 Å². The zero-order chi connectivity index (χ0) is 31.6. The molecule has 3 fully saturated rings. The van der Waals surface area contributed by atoms with Crippen molar-refractivity contribution in [1.29, 1.82) is 0 Å². The Morgan fingerprint density at radius 3 is 2.11 bits per heavy atom. The van der Waals surface area contributed by atoms with Gasteiger partial charge in [0.15, 0.2) is 0 Å². The summed E-state index contributed by atoms with van der Waals surface area (Å²) >= 11 is 1.63. The van der Waals surface area contributed by atoms with Gasteiger partial charge in [-0.3, -0.25) is 14.4 Å². The van der Waals surface area contributed by atoms with Crippen LogP contribution in [0.4, 0.5) is 17.1 Å². The predicted octanol–water partition coefficient (Wildman–Crippen LogP) is 4.74. The van der Waals surface area contributed by atoms with E-state index in [-0.39, 0.29) is 36.1 Å². The van der Waals surface area contributed by atoms with E-state index < -0.39 is 28.7 Å². The number of aliphatic hydroxyl groups excluding tert-OH is 1. The number of likely N-dealkylation sites (tertiary alicyclic amines) is 1. The van der Waals surface area contributed by atoms with Gasteiger partial charge >= 0.3 is 0 Å². The number of carbonyl (C=O) groups excluding carboxylic acids is 3. The zero-order valence-corrected chi connectivity index (χ0v) is 26.8. The highest BCUT2D eigenvalue weighted by Gasteiger charge is 2.74. The topological polar surface area (TPSA) is 84.4 Å². The van der Waals surface area contributed by atoms with Crippen molar-refractivity contribution >= 4 is 46.5 Å². The Morgan fingerprint density at radius 1 is 0.977 bits per heavy atom. The Labute approximate surface area is 265 Å². The van der Waals surface area contributed by atoms with Crippen LogP contribution in [0.15, 0.2) is 79.9 Å². The smallest absolute Gasteiger partial charge is 0.251 e. The van der Waals surface area contributed by atoms with Gasteiger partial charge in [-0.1, -0.05) is 30.4 Å². The number of para-hydroxylation sites is 1. The molecule has 6 atom stereocenters. The number of fused-ring (bicyclic) bond motifs is 1. The zero-order valence-electron chi connectivity index (χ0n) is 26.0. The van der Waals surface area contributed by atoms with E-state index in [4.69, 9.17) is 0 Å². The maximum absolute atomic E-state index is 14.8. The fourth-order valence-electron chi connectivity index (χ4n) is 7.49. The molecule has 0 aromatic heterocycles. The molecule has 0 saturated carbocycles. The summed E-state index contributed by atoms with van der Waals surface area (Å²) in [6.45, 7) is 15.8. The fraction of sp³-hybridized carbons (Fsp3) is 0.457. The standard InChI is InChI=1S/C35H44N4O4S/c1-6-21-37(26-13-11-10-12-14-26)32(41)29-28-19-20-35(44-28)30(29)33(42)39(24(5)23-40)31(35)34(43)38(22-7-2)27-17-15-25(16-18-27)36(8-3)9-4/h6-7,10-18,24,28-31,40H,1-2,8-9,19-23H2,3-5H3/t24-,28+,29-,30+,31?,35?/m1/s1. The number of anilines is 3. The van der Waals surface area contributed by atoms with Crippen LogP contribution in [0.2, 0.25) is 0 Å². The number of carbonyl (C=O) groups is 3. The quantitative estimate of drug-likeness (QED) is 0.328. The first-order chi connectivity index (χ1) is 21.3. The molecule has 0 aliphatic carbocycles. The lowest BCUT2D eigenvalue weighted by Gasteiger charge is -2.39. The summed E-state index contributed by atoms with van der Waals surface area (Å²) in [7, 11) is 0. The molecule has 5 rings (SSSR count). The van der Waals surface area contributed by atoms with Crippen molar-refractivity contribution in [2.75, 3.05) is 47.5 Å². The Morgan fingerprint density at radius 2 is 1.55 bits per heavy atom. The number of rotatable bonds is 13. The third kappa shape index (κ3) is 5.24. The van der Waals surface area contributed by atoms with Crippen molar-refractivity contribution in [3.8, 4) is 0 Å². The van der Waals surface area contributed by atoms with E-state index >= 15 is 0 Å². The van der Waals surface area contributed by atoms with Crippen LogP contribution in [0.3, 0.4) is 0 Å². The minimum atomic E-state index is -0.818. The van der Waals surface area contributed by atoms with Gasteiger partial charge in [-0.2, -0.15) is 0 Å². The highest BCUT2D eigenvalue weighted by Crippen LogP contribution is 2.67. The first-order valence-electron chi connectivity index (χ1n) is 15.6. The SMILES string of the molecule is C=CCN(C(=O)C1N([C@H](C)CO)C(=O)[C@@H]2[C@H](C(=O)N(CC=C)c3ccccc3)[C@@H]3CCC12S3)c1ccc(N(CC)CC)cc1. The van der Waals surface area contributed by atoms with E-state index in [9.17, 15) is 19.5 Å². The van der Waals surface area contributed by atoms with Gasteiger partial charge in [0.05, 0.1) is 29.2 Å². The second-order valence-electron chi connectivity index (χ2n) is 11.8. The number of nitrogens with zero attached hydrogens (tertiary/aromatic N) is 4. The summed E-state index contributed by atoms with van der Waals surface area (Å²) in [5, 5.41) is 10.2. The van der Waals surface area contributed by atoms with Crippen molar-refractivity contribution in [2.45, 2.75) is 55.7 Å². The van der Waals surface area contributed by atoms with Crippen molar-refractivity contribution in [3.05, 3.63) is 79.9 Å². The normalized spacial score (nSPS) is 25.8.